The maximum absolute atomic E-state index is 10.0. The Kier molecular flexibility index (Phi) is 3.45. The smallest absolute Gasteiger partial charge is 0.0788 e. The molecule has 0 aromatic carbocycles. The van der Waals surface area contributed by atoms with Crippen LogP contribution < -0.4 is 5.73 Å². The van der Waals surface area contributed by atoms with Crippen molar-refractivity contribution in [3.63, 3.8) is 0 Å². The third-order valence-corrected chi connectivity index (χ3v) is 6.00. The summed E-state index contributed by atoms with van der Waals surface area (Å²) in [7, 11) is 0. The standard InChI is InChI=1S/C16H30N2O2/c1-15(2)12(14(17)16(3,4)20-15)9-18-7-10-5-6-13(19)11(10)8-18/h10-14,19H,5-9,17H2,1-4H3. The van der Waals surface area contributed by atoms with Gasteiger partial charge in [0.1, 0.15) is 0 Å². The number of hydrogen-bond acceptors (Lipinski definition) is 4. The second-order valence-electron chi connectivity index (χ2n) is 8.23. The number of nitrogens with zero attached hydrogens (tertiary/aromatic N) is 1. The fourth-order valence-corrected chi connectivity index (χ4v) is 4.83. The molecule has 20 heavy (non-hydrogen) atoms. The zero-order chi connectivity index (χ0) is 14.7. The van der Waals surface area contributed by atoms with Crippen molar-refractivity contribution in [1.29, 1.82) is 0 Å². The summed E-state index contributed by atoms with van der Waals surface area (Å²) in [6.07, 6.45) is 2.10. The SMILES string of the molecule is CC1(C)OC(C)(C)C(CN2CC3CCC(O)C3C2)C1N. The van der Waals surface area contributed by atoms with Crippen LogP contribution in [0.5, 0.6) is 0 Å². The van der Waals surface area contributed by atoms with Gasteiger partial charge in [-0.2, -0.15) is 0 Å². The summed E-state index contributed by atoms with van der Waals surface area (Å²) in [6.45, 7) is 11.7. The molecule has 1 aliphatic carbocycles. The normalized spacial score (nSPS) is 46.8. The van der Waals surface area contributed by atoms with Crippen LogP contribution in [0.1, 0.15) is 40.5 Å². The summed E-state index contributed by atoms with van der Waals surface area (Å²) in [5.74, 6) is 1.54. The van der Waals surface area contributed by atoms with Crippen LogP contribution in [-0.2, 0) is 4.74 Å². The largest absolute Gasteiger partial charge is 0.393 e. The predicted molar refractivity (Wildman–Crippen MR) is 79.4 cm³/mol. The van der Waals surface area contributed by atoms with Crippen LogP contribution in [0.4, 0.5) is 0 Å². The molecule has 2 heterocycles. The van der Waals surface area contributed by atoms with Crippen LogP contribution in [0.25, 0.3) is 0 Å². The average Bonchev–Trinajstić information content (AvgIpc) is 2.89. The Bertz CT molecular complexity index is 383. The van der Waals surface area contributed by atoms with Gasteiger partial charge in [0.25, 0.3) is 0 Å². The van der Waals surface area contributed by atoms with E-state index in [4.69, 9.17) is 10.5 Å². The maximum Gasteiger partial charge on any atom is 0.0788 e. The van der Waals surface area contributed by atoms with Gasteiger partial charge in [-0.1, -0.05) is 0 Å². The highest BCUT2D eigenvalue weighted by atomic mass is 16.5. The Morgan fingerprint density at radius 2 is 1.85 bits per heavy atom. The van der Waals surface area contributed by atoms with Crippen LogP contribution in [-0.4, -0.2) is 53.0 Å². The summed E-state index contributed by atoms with van der Waals surface area (Å²) < 4.78 is 6.19. The lowest BCUT2D eigenvalue weighted by Gasteiger charge is -2.31. The van der Waals surface area contributed by atoms with Gasteiger partial charge in [-0.05, 0) is 46.5 Å². The van der Waals surface area contributed by atoms with Crippen molar-refractivity contribution in [3.8, 4) is 0 Å². The van der Waals surface area contributed by atoms with E-state index in [0.717, 1.165) is 26.1 Å². The minimum absolute atomic E-state index is 0.0721. The number of nitrogens with two attached hydrogens (primary N) is 1. The Morgan fingerprint density at radius 1 is 1.15 bits per heavy atom. The van der Waals surface area contributed by atoms with Gasteiger partial charge in [0, 0.05) is 37.5 Å². The first-order chi connectivity index (χ1) is 9.21. The number of ether oxygens (including phenoxy) is 1. The zero-order valence-electron chi connectivity index (χ0n) is 13.3. The Labute approximate surface area is 122 Å². The van der Waals surface area contributed by atoms with E-state index in [1.165, 1.54) is 6.42 Å². The van der Waals surface area contributed by atoms with Gasteiger partial charge < -0.3 is 20.5 Å². The van der Waals surface area contributed by atoms with E-state index in [1.807, 2.05) is 0 Å². The minimum atomic E-state index is -0.247. The van der Waals surface area contributed by atoms with E-state index < -0.39 is 0 Å². The molecule has 2 aliphatic heterocycles. The molecule has 0 spiro atoms. The van der Waals surface area contributed by atoms with Gasteiger partial charge in [0.2, 0.25) is 0 Å². The number of fused-ring (bicyclic) bond motifs is 1. The van der Waals surface area contributed by atoms with E-state index in [0.29, 0.717) is 17.8 Å². The van der Waals surface area contributed by atoms with Crippen LogP contribution in [0.2, 0.25) is 0 Å². The molecular formula is C16H30N2O2. The van der Waals surface area contributed by atoms with Crippen LogP contribution in [0.3, 0.4) is 0 Å². The fraction of sp³-hybridized carbons (Fsp3) is 1.00. The lowest BCUT2D eigenvalue weighted by Crippen LogP contribution is -2.48. The molecule has 3 N–H and O–H groups in total. The molecule has 116 valence electrons. The second kappa shape index (κ2) is 4.67. The third kappa shape index (κ3) is 2.31. The fourth-order valence-electron chi connectivity index (χ4n) is 4.83. The number of rotatable bonds is 2. The van der Waals surface area contributed by atoms with Gasteiger partial charge in [-0.15, -0.1) is 0 Å². The van der Waals surface area contributed by atoms with Crippen molar-refractivity contribution in [3.05, 3.63) is 0 Å². The maximum atomic E-state index is 10.0. The molecule has 0 aromatic rings. The topological polar surface area (TPSA) is 58.7 Å². The van der Waals surface area contributed by atoms with E-state index >= 15 is 0 Å². The Hall–Kier alpha value is -0.160. The van der Waals surface area contributed by atoms with Gasteiger partial charge in [-0.25, -0.2) is 0 Å². The molecule has 5 atom stereocenters. The van der Waals surface area contributed by atoms with Crippen molar-refractivity contribution >= 4 is 0 Å². The summed E-state index contributed by atoms with van der Waals surface area (Å²) in [5, 5.41) is 10.0. The third-order valence-electron chi connectivity index (χ3n) is 6.00. The molecule has 4 nitrogen and oxygen atoms in total. The number of aliphatic hydroxyl groups excluding tert-OH is 1. The average molecular weight is 282 g/mol. The molecule has 3 rings (SSSR count). The molecule has 4 heteroatoms. The quantitative estimate of drug-likeness (QED) is 0.799. The lowest BCUT2D eigenvalue weighted by molar-refractivity contribution is -0.0782. The molecule has 0 bridgehead atoms. The minimum Gasteiger partial charge on any atom is -0.393 e. The summed E-state index contributed by atoms with van der Waals surface area (Å²) >= 11 is 0. The number of aliphatic hydroxyl groups is 1. The zero-order valence-corrected chi connectivity index (χ0v) is 13.3. The monoisotopic (exact) mass is 282 g/mol. The predicted octanol–water partition coefficient (Wildman–Crippen LogP) is 1.22. The van der Waals surface area contributed by atoms with E-state index in [-0.39, 0.29) is 23.3 Å². The first-order valence-corrected chi connectivity index (χ1v) is 8.07. The van der Waals surface area contributed by atoms with Gasteiger partial charge in [-0.3, -0.25) is 0 Å². The van der Waals surface area contributed by atoms with E-state index in [1.54, 1.807) is 0 Å². The molecule has 5 unspecified atom stereocenters. The van der Waals surface area contributed by atoms with Gasteiger partial charge >= 0.3 is 0 Å². The highest BCUT2D eigenvalue weighted by Gasteiger charge is 2.53. The van der Waals surface area contributed by atoms with Crippen molar-refractivity contribution < 1.29 is 9.84 Å². The highest BCUT2D eigenvalue weighted by molar-refractivity contribution is 5.06. The van der Waals surface area contributed by atoms with Gasteiger partial charge in [0.15, 0.2) is 0 Å². The number of hydrogen-bond donors (Lipinski definition) is 2. The van der Waals surface area contributed by atoms with Crippen LogP contribution >= 0.6 is 0 Å². The van der Waals surface area contributed by atoms with Crippen molar-refractivity contribution in [2.45, 2.75) is 63.9 Å². The van der Waals surface area contributed by atoms with Crippen molar-refractivity contribution in [2.75, 3.05) is 19.6 Å². The Balaban J connectivity index is 1.67. The van der Waals surface area contributed by atoms with Crippen molar-refractivity contribution in [1.82, 2.24) is 4.90 Å². The van der Waals surface area contributed by atoms with E-state index in [2.05, 4.69) is 32.6 Å². The van der Waals surface area contributed by atoms with Crippen LogP contribution in [0.15, 0.2) is 0 Å². The molecule has 1 saturated carbocycles. The number of likely N-dealkylation sites (tertiary alicyclic amines) is 1. The molecular weight excluding hydrogens is 252 g/mol. The molecule has 3 aliphatic rings. The summed E-state index contributed by atoms with van der Waals surface area (Å²) in [6, 6.07) is 0.0721. The van der Waals surface area contributed by atoms with Crippen LogP contribution in [0, 0.1) is 17.8 Å². The highest BCUT2D eigenvalue weighted by Crippen LogP contribution is 2.44. The summed E-state index contributed by atoms with van der Waals surface area (Å²) in [4.78, 5) is 2.51. The molecule has 0 amide bonds. The molecule has 0 aromatic heterocycles. The Morgan fingerprint density at radius 3 is 2.40 bits per heavy atom. The summed E-state index contributed by atoms with van der Waals surface area (Å²) in [5.41, 5.74) is 6.04. The van der Waals surface area contributed by atoms with Crippen molar-refractivity contribution in [2.24, 2.45) is 23.5 Å². The molecule has 3 fully saturated rings. The second-order valence-corrected chi connectivity index (χ2v) is 8.23. The molecule has 2 saturated heterocycles. The van der Waals surface area contributed by atoms with Gasteiger partial charge in [0.05, 0.1) is 17.3 Å². The first-order valence-electron chi connectivity index (χ1n) is 8.07. The first kappa shape index (κ1) is 14.8. The lowest BCUT2D eigenvalue weighted by atomic mass is 9.83. The van der Waals surface area contributed by atoms with E-state index in [9.17, 15) is 5.11 Å². The molecule has 0 radical (unpaired) electrons.